The summed E-state index contributed by atoms with van der Waals surface area (Å²) in [5, 5.41) is 8.72. The second kappa shape index (κ2) is 12.2. The van der Waals surface area contributed by atoms with Crippen LogP contribution in [0.3, 0.4) is 0 Å². The van der Waals surface area contributed by atoms with Gasteiger partial charge in [-0.05, 0) is 62.2 Å². The number of unbranched alkanes of at least 4 members (excludes halogenated alkanes) is 1. The highest BCUT2D eigenvalue weighted by Crippen LogP contribution is 2.30. The van der Waals surface area contributed by atoms with Crippen LogP contribution < -0.4 is 27.4 Å². The zero-order valence-electron chi connectivity index (χ0n) is 20.5. The molecular formula is C25H29F3N8O. The number of carbonyl (C=O) groups is 1. The van der Waals surface area contributed by atoms with Crippen molar-refractivity contribution in [2.75, 3.05) is 36.1 Å². The van der Waals surface area contributed by atoms with Gasteiger partial charge in [0.2, 0.25) is 5.95 Å². The monoisotopic (exact) mass is 514 g/mol. The molecule has 0 bridgehead atoms. The maximum Gasteiger partial charge on any atom is 0.416 e. The number of nitrogens with two attached hydrogens (primary N) is 2. The van der Waals surface area contributed by atoms with Crippen molar-refractivity contribution in [3.8, 4) is 0 Å². The van der Waals surface area contributed by atoms with Crippen molar-refractivity contribution in [2.24, 2.45) is 16.5 Å². The molecule has 12 heteroatoms. The molecule has 196 valence electrons. The van der Waals surface area contributed by atoms with Crippen molar-refractivity contribution < 1.29 is 18.0 Å². The lowest BCUT2D eigenvalue weighted by Crippen LogP contribution is -2.18. The number of anilines is 3. The zero-order valence-corrected chi connectivity index (χ0v) is 20.5. The molecule has 0 unspecified atom stereocenters. The largest absolute Gasteiger partial charge is 0.416 e. The van der Waals surface area contributed by atoms with Crippen LogP contribution in [-0.4, -0.2) is 41.8 Å². The van der Waals surface area contributed by atoms with E-state index >= 15 is 0 Å². The van der Waals surface area contributed by atoms with E-state index in [2.05, 4.69) is 30.9 Å². The fourth-order valence-corrected chi connectivity index (χ4v) is 3.35. The van der Waals surface area contributed by atoms with Crippen molar-refractivity contribution >= 4 is 34.9 Å². The maximum absolute atomic E-state index is 13.0. The van der Waals surface area contributed by atoms with Gasteiger partial charge in [-0.1, -0.05) is 12.1 Å². The van der Waals surface area contributed by atoms with Crippen molar-refractivity contribution in [3.63, 3.8) is 0 Å². The summed E-state index contributed by atoms with van der Waals surface area (Å²) in [6.07, 6.45) is -1.21. The van der Waals surface area contributed by atoms with E-state index in [4.69, 9.17) is 11.5 Å². The zero-order chi connectivity index (χ0) is 27.0. The third-order valence-corrected chi connectivity index (χ3v) is 5.38. The quantitative estimate of drug-likeness (QED) is 0.154. The van der Waals surface area contributed by atoms with E-state index in [0.717, 1.165) is 30.5 Å². The lowest BCUT2D eigenvalue weighted by Gasteiger charge is -2.12. The molecule has 1 aromatic heterocycles. The number of aromatic nitrogens is 2. The molecular weight excluding hydrogens is 485 g/mol. The number of aryl methyl sites for hydroxylation is 1. The van der Waals surface area contributed by atoms with E-state index in [1.54, 1.807) is 31.4 Å². The predicted octanol–water partition coefficient (Wildman–Crippen LogP) is 4.29. The number of halogens is 3. The van der Waals surface area contributed by atoms with E-state index in [1.807, 2.05) is 6.92 Å². The van der Waals surface area contributed by atoms with Gasteiger partial charge < -0.3 is 27.4 Å². The minimum absolute atomic E-state index is 0.118. The summed E-state index contributed by atoms with van der Waals surface area (Å²) in [5.74, 6) is 0.374. The number of alkyl halides is 3. The first kappa shape index (κ1) is 27.4. The highest BCUT2D eigenvalue weighted by molar-refractivity contribution is 6.05. The lowest BCUT2D eigenvalue weighted by molar-refractivity contribution is -0.137. The number of benzene rings is 2. The minimum Gasteiger partial charge on any atom is -0.383 e. The highest BCUT2D eigenvalue weighted by atomic mass is 19.4. The Morgan fingerprint density at radius 3 is 2.62 bits per heavy atom. The first-order valence-corrected chi connectivity index (χ1v) is 11.5. The molecule has 0 fully saturated rings. The Hall–Kier alpha value is -4.19. The molecule has 0 saturated carbocycles. The third kappa shape index (κ3) is 7.40. The molecule has 0 aliphatic carbocycles. The fraction of sp³-hybridized carbons (Fsp3) is 0.280. The molecule has 3 aromatic rings. The van der Waals surface area contributed by atoms with Crippen LogP contribution in [0, 0.1) is 6.92 Å². The number of amides is 1. The number of nitrogens with zero attached hydrogens (tertiary/aromatic N) is 3. The standard InChI is InChI=1S/C25H29F3N8O/c1-15-8-9-18(34-23(37)16-6-5-7-17(12-16)25(26,27)28)13-20(15)35-21(30)19-14-33-24(36-22(19)31-2)32-11-4-3-10-29/h5-9,12-14H,3-4,10-11,29H2,1-2H3,(H2,30,35)(H,34,37)(H2,31,32,33,36). The van der Waals surface area contributed by atoms with E-state index in [9.17, 15) is 18.0 Å². The molecule has 0 aliphatic heterocycles. The molecule has 7 N–H and O–H groups in total. The number of amidine groups is 1. The van der Waals surface area contributed by atoms with Crippen molar-refractivity contribution in [1.82, 2.24) is 9.97 Å². The van der Waals surface area contributed by atoms with Crippen molar-refractivity contribution in [1.29, 1.82) is 0 Å². The third-order valence-electron chi connectivity index (χ3n) is 5.38. The Bertz CT molecular complexity index is 1280. The number of hydrogen-bond donors (Lipinski definition) is 5. The van der Waals surface area contributed by atoms with Crippen molar-refractivity contribution in [2.45, 2.75) is 25.9 Å². The summed E-state index contributed by atoms with van der Waals surface area (Å²) >= 11 is 0. The lowest BCUT2D eigenvalue weighted by atomic mass is 10.1. The van der Waals surface area contributed by atoms with Crippen LogP contribution in [0.15, 0.2) is 53.7 Å². The Morgan fingerprint density at radius 1 is 1.14 bits per heavy atom. The van der Waals surface area contributed by atoms with E-state index in [-0.39, 0.29) is 11.4 Å². The molecule has 3 rings (SSSR count). The summed E-state index contributed by atoms with van der Waals surface area (Å²) in [6.45, 7) is 3.11. The molecule has 1 amide bonds. The summed E-state index contributed by atoms with van der Waals surface area (Å²) in [6, 6.07) is 9.14. The summed E-state index contributed by atoms with van der Waals surface area (Å²) in [7, 11) is 1.70. The Labute approximate surface area is 212 Å². The number of hydrogen-bond acceptors (Lipinski definition) is 7. The highest BCUT2D eigenvalue weighted by Gasteiger charge is 2.30. The summed E-state index contributed by atoms with van der Waals surface area (Å²) in [4.78, 5) is 25.8. The average Bonchev–Trinajstić information content (AvgIpc) is 2.88. The second-order valence-corrected chi connectivity index (χ2v) is 8.16. The second-order valence-electron chi connectivity index (χ2n) is 8.16. The Balaban J connectivity index is 1.80. The molecule has 0 saturated heterocycles. The summed E-state index contributed by atoms with van der Waals surface area (Å²) in [5.41, 5.74) is 12.8. The molecule has 0 aliphatic rings. The number of aliphatic imine (C=N–C) groups is 1. The van der Waals surface area contributed by atoms with Crippen LogP contribution >= 0.6 is 0 Å². The molecule has 9 nitrogen and oxygen atoms in total. The van der Waals surface area contributed by atoms with Gasteiger partial charge in [0.05, 0.1) is 16.8 Å². The Kier molecular flexibility index (Phi) is 9.01. The van der Waals surface area contributed by atoms with Crippen molar-refractivity contribution in [3.05, 3.63) is 70.9 Å². The first-order chi connectivity index (χ1) is 17.6. The van der Waals surface area contributed by atoms with E-state index in [0.29, 0.717) is 41.8 Å². The topological polar surface area (TPSA) is 143 Å². The number of carbonyl (C=O) groups excluding carboxylic acids is 1. The smallest absolute Gasteiger partial charge is 0.383 e. The molecule has 37 heavy (non-hydrogen) atoms. The van der Waals surface area contributed by atoms with Gasteiger partial charge >= 0.3 is 6.18 Å². The molecule has 1 heterocycles. The van der Waals surface area contributed by atoms with Crippen LogP contribution in [-0.2, 0) is 6.18 Å². The number of nitrogens with one attached hydrogen (secondary N) is 3. The van der Waals surface area contributed by atoms with Gasteiger partial charge in [-0.25, -0.2) is 9.98 Å². The van der Waals surface area contributed by atoms with Gasteiger partial charge in [0.25, 0.3) is 5.91 Å². The maximum atomic E-state index is 13.0. The van der Waals surface area contributed by atoms with Gasteiger partial charge in [-0.3, -0.25) is 4.79 Å². The fourth-order valence-electron chi connectivity index (χ4n) is 3.35. The van der Waals surface area contributed by atoms with Gasteiger partial charge in [0.1, 0.15) is 11.7 Å². The molecule has 2 aromatic carbocycles. The van der Waals surface area contributed by atoms with E-state index in [1.165, 1.54) is 12.1 Å². The van der Waals surface area contributed by atoms with Crippen LogP contribution in [0.1, 0.15) is 39.9 Å². The average molecular weight is 515 g/mol. The SMILES string of the molecule is CNc1nc(NCCCCN)ncc1C(N)=Nc1cc(NC(=O)c2cccc(C(F)(F)F)c2)ccc1C. The van der Waals surface area contributed by atoms with Gasteiger partial charge in [0.15, 0.2) is 0 Å². The minimum atomic E-state index is -4.55. The van der Waals surface area contributed by atoms with Crippen LogP contribution in [0.25, 0.3) is 0 Å². The van der Waals surface area contributed by atoms with Crippen LogP contribution in [0.2, 0.25) is 0 Å². The first-order valence-electron chi connectivity index (χ1n) is 11.5. The molecule has 0 atom stereocenters. The number of rotatable bonds is 10. The van der Waals surface area contributed by atoms with Gasteiger partial charge in [0, 0.05) is 31.0 Å². The molecule has 0 spiro atoms. The van der Waals surface area contributed by atoms with Gasteiger partial charge in [-0.2, -0.15) is 18.2 Å². The molecule has 0 radical (unpaired) electrons. The predicted molar refractivity (Wildman–Crippen MR) is 139 cm³/mol. The van der Waals surface area contributed by atoms with Crippen LogP contribution in [0.5, 0.6) is 0 Å². The van der Waals surface area contributed by atoms with E-state index < -0.39 is 17.6 Å². The Morgan fingerprint density at radius 2 is 1.92 bits per heavy atom. The van der Waals surface area contributed by atoms with Gasteiger partial charge in [-0.15, -0.1) is 0 Å². The normalized spacial score (nSPS) is 11.8. The van der Waals surface area contributed by atoms with Crippen LogP contribution in [0.4, 0.5) is 36.3 Å². The summed E-state index contributed by atoms with van der Waals surface area (Å²) < 4.78 is 39.0.